The van der Waals surface area contributed by atoms with Crippen molar-refractivity contribution < 1.29 is 27.5 Å². The molecule has 1 heterocycles. The summed E-state index contributed by atoms with van der Waals surface area (Å²) in [6.45, 7) is 0.381. The van der Waals surface area contributed by atoms with Gasteiger partial charge in [-0.15, -0.1) is 0 Å². The number of hydrogen-bond acceptors (Lipinski definition) is 4. The van der Waals surface area contributed by atoms with Crippen molar-refractivity contribution in [3.63, 3.8) is 0 Å². The topological polar surface area (TPSA) is 51.1 Å². The Labute approximate surface area is 178 Å². The summed E-state index contributed by atoms with van der Waals surface area (Å²) in [6, 6.07) is 12.6. The van der Waals surface area contributed by atoms with Crippen LogP contribution in [-0.2, 0) is 22.4 Å². The van der Waals surface area contributed by atoms with Gasteiger partial charge < -0.3 is 14.5 Å². The first-order valence-electron chi connectivity index (χ1n) is 10.2. The van der Waals surface area contributed by atoms with Gasteiger partial charge in [-0.25, -0.2) is 0 Å². The van der Waals surface area contributed by atoms with Crippen LogP contribution in [0.5, 0.6) is 5.75 Å². The van der Waals surface area contributed by atoms with Gasteiger partial charge in [-0.2, -0.15) is 13.2 Å². The second-order valence-corrected chi connectivity index (χ2v) is 7.89. The lowest BCUT2D eigenvalue weighted by atomic mass is 10.0. The van der Waals surface area contributed by atoms with E-state index in [4.69, 9.17) is 9.57 Å². The van der Waals surface area contributed by atoms with Crippen LogP contribution in [0.2, 0.25) is 0 Å². The standard InChI is InChI=1S/C23H23F3N2O3/c1-30-19-9-7-16(8-10-19)21-12-20(31-27-21)14-28(22(29)17-5-6-17)13-15-3-2-4-18(11-15)23(24,25)26/h2-4,7-11,17,20H,5-6,12-14H2,1H3. The van der Waals surface area contributed by atoms with Crippen molar-refractivity contribution in [2.75, 3.05) is 13.7 Å². The minimum atomic E-state index is -4.42. The summed E-state index contributed by atoms with van der Waals surface area (Å²) in [4.78, 5) is 20.0. The van der Waals surface area contributed by atoms with E-state index >= 15 is 0 Å². The van der Waals surface area contributed by atoms with Gasteiger partial charge in [0.05, 0.1) is 24.9 Å². The predicted molar refractivity (Wildman–Crippen MR) is 109 cm³/mol. The first-order valence-corrected chi connectivity index (χ1v) is 10.2. The Morgan fingerprint density at radius 3 is 2.58 bits per heavy atom. The van der Waals surface area contributed by atoms with Crippen molar-refractivity contribution >= 4 is 11.6 Å². The number of alkyl halides is 3. The number of oxime groups is 1. The Morgan fingerprint density at radius 2 is 1.94 bits per heavy atom. The Hall–Kier alpha value is -3.03. The van der Waals surface area contributed by atoms with Crippen molar-refractivity contribution in [3.8, 4) is 5.75 Å². The van der Waals surface area contributed by atoms with Crippen molar-refractivity contribution in [2.45, 2.75) is 38.1 Å². The van der Waals surface area contributed by atoms with Crippen LogP contribution in [0.25, 0.3) is 0 Å². The van der Waals surface area contributed by atoms with Gasteiger partial charge in [-0.1, -0.05) is 17.3 Å². The highest BCUT2D eigenvalue weighted by Gasteiger charge is 2.36. The average Bonchev–Trinajstić information content (AvgIpc) is 3.51. The number of benzene rings is 2. The number of halogens is 3. The first-order chi connectivity index (χ1) is 14.8. The molecule has 1 aliphatic heterocycles. The molecule has 1 amide bonds. The molecule has 0 radical (unpaired) electrons. The number of methoxy groups -OCH3 is 1. The number of nitrogens with zero attached hydrogens (tertiary/aromatic N) is 2. The summed E-state index contributed by atoms with van der Waals surface area (Å²) in [5.74, 6) is 0.648. The van der Waals surface area contributed by atoms with Gasteiger partial charge in [0.2, 0.25) is 5.91 Å². The van der Waals surface area contributed by atoms with Crippen molar-refractivity contribution in [1.29, 1.82) is 0 Å². The molecule has 2 aromatic carbocycles. The molecule has 1 atom stereocenters. The molecule has 2 aromatic rings. The predicted octanol–water partition coefficient (Wildman–Crippen LogP) is 4.65. The Morgan fingerprint density at radius 1 is 1.19 bits per heavy atom. The number of amides is 1. The molecule has 0 N–H and O–H groups in total. The molecular weight excluding hydrogens is 409 g/mol. The van der Waals surface area contributed by atoms with E-state index in [1.807, 2.05) is 24.3 Å². The largest absolute Gasteiger partial charge is 0.497 e. The highest BCUT2D eigenvalue weighted by Crippen LogP contribution is 2.33. The molecule has 0 spiro atoms. The molecule has 164 valence electrons. The maximum absolute atomic E-state index is 13.1. The summed E-state index contributed by atoms with van der Waals surface area (Å²) < 4.78 is 44.3. The van der Waals surface area contributed by atoms with E-state index in [0.717, 1.165) is 42.0 Å². The Balaban J connectivity index is 1.44. The summed E-state index contributed by atoms with van der Waals surface area (Å²) in [5.41, 5.74) is 1.40. The van der Waals surface area contributed by atoms with E-state index in [1.165, 1.54) is 6.07 Å². The third-order valence-electron chi connectivity index (χ3n) is 5.45. The third-order valence-corrected chi connectivity index (χ3v) is 5.45. The van der Waals surface area contributed by atoms with E-state index in [1.54, 1.807) is 18.1 Å². The summed E-state index contributed by atoms with van der Waals surface area (Å²) >= 11 is 0. The maximum atomic E-state index is 13.1. The van der Waals surface area contributed by atoms with Crippen molar-refractivity contribution in [1.82, 2.24) is 4.90 Å². The number of carbonyl (C=O) groups excluding carboxylic acids is 1. The molecule has 5 nitrogen and oxygen atoms in total. The quantitative estimate of drug-likeness (QED) is 0.640. The summed E-state index contributed by atoms with van der Waals surface area (Å²) in [7, 11) is 1.59. The molecule has 2 aliphatic rings. The molecule has 0 bridgehead atoms. The van der Waals surface area contributed by atoms with E-state index in [2.05, 4.69) is 5.16 Å². The third kappa shape index (κ3) is 5.18. The van der Waals surface area contributed by atoms with Gasteiger partial charge in [0.1, 0.15) is 5.75 Å². The van der Waals surface area contributed by atoms with E-state index in [0.29, 0.717) is 12.0 Å². The van der Waals surface area contributed by atoms with Crippen molar-refractivity contribution in [2.24, 2.45) is 11.1 Å². The van der Waals surface area contributed by atoms with E-state index < -0.39 is 11.7 Å². The zero-order valence-electron chi connectivity index (χ0n) is 17.1. The number of hydrogen-bond donors (Lipinski definition) is 0. The minimum Gasteiger partial charge on any atom is -0.497 e. The van der Waals surface area contributed by atoms with Crippen molar-refractivity contribution in [3.05, 3.63) is 65.2 Å². The van der Waals surface area contributed by atoms with Crippen LogP contribution in [0, 0.1) is 5.92 Å². The molecule has 1 aliphatic carbocycles. The Bertz CT molecular complexity index is 969. The molecule has 1 unspecified atom stereocenters. The molecule has 1 saturated carbocycles. The number of ether oxygens (including phenoxy) is 1. The highest BCUT2D eigenvalue weighted by molar-refractivity contribution is 6.01. The normalized spacial score (nSPS) is 18.3. The fourth-order valence-electron chi connectivity index (χ4n) is 3.61. The SMILES string of the molecule is COc1ccc(C2=NOC(CN(Cc3cccc(C(F)(F)F)c3)C(=O)C3CC3)C2)cc1. The number of carbonyl (C=O) groups is 1. The molecule has 8 heteroatoms. The second-order valence-electron chi connectivity index (χ2n) is 7.89. The highest BCUT2D eigenvalue weighted by atomic mass is 19.4. The smallest absolute Gasteiger partial charge is 0.416 e. The van der Waals surface area contributed by atoms with E-state index in [9.17, 15) is 18.0 Å². The van der Waals surface area contributed by atoms with Crippen LogP contribution >= 0.6 is 0 Å². The van der Waals surface area contributed by atoms with Gasteiger partial charge >= 0.3 is 6.18 Å². The monoisotopic (exact) mass is 432 g/mol. The zero-order valence-corrected chi connectivity index (χ0v) is 17.1. The van der Waals surface area contributed by atoms with Crippen LogP contribution in [0.1, 0.15) is 36.0 Å². The van der Waals surface area contributed by atoms with Crippen LogP contribution in [0.15, 0.2) is 53.7 Å². The fourth-order valence-corrected chi connectivity index (χ4v) is 3.61. The van der Waals surface area contributed by atoms with Gasteiger partial charge in [-0.3, -0.25) is 4.79 Å². The molecule has 0 saturated heterocycles. The summed E-state index contributed by atoms with van der Waals surface area (Å²) in [6.07, 6.45) is -2.61. The van der Waals surface area contributed by atoms with Gasteiger partial charge in [0.25, 0.3) is 0 Å². The average molecular weight is 432 g/mol. The van der Waals surface area contributed by atoms with Crippen LogP contribution in [-0.4, -0.2) is 36.3 Å². The van der Waals surface area contributed by atoms with Crippen LogP contribution in [0.3, 0.4) is 0 Å². The number of rotatable bonds is 7. The molecular formula is C23H23F3N2O3. The molecule has 4 rings (SSSR count). The fraction of sp³-hybridized carbons (Fsp3) is 0.391. The lowest BCUT2D eigenvalue weighted by Crippen LogP contribution is -2.38. The molecule has 0 aromatic heterocycles. The van der Waals surface area contributed by atoms with Gasteiger partial charge in [0.15, 0.2) is 6.10 Å². The lowest BCUT2D eigenvalue weighted by molar-refractivity contribution is -0.137. The maximum Gasteiger partial charge on any atom is 0.416 e. The minimum absolute atomic E-state index is 0.0427. The van der Waals surface area contributed by atoms with Gasteiger partial charge in [0, 0.05) is 18.9 Å². The van der Waals surface area contributed by atoms with Gasteiger partial charge in [-0.05, 0) is 60.4 Å². The second kappa shape index (κ2) is 8.61. The lowest BCUT2D eigenvalue weighted by Gasteiger charge is -2.25. The molecule has 31 heavy (non-hydrogen) atoms. The first kappa shape index (κ1) is 21.2. The Kier molecular flexibility index (Phi) is 5.89. The van der Waals surface area contributed by atoms with E-state index in [-0.39, 0.29) is 31.0 Å². The zero-order chi connectivity index (χ0) is 22.0. The van der Waals surface area contributed by atoms with Crippen LogP contribution in [0.4, 0.5) is 13.2 Å². The molecule has 1 fully saturated rings. The van der Waals surface area contributed by atoms with Crippen LogP contribution < -0.4 is 4.74 Å². The summed E-state index contributed by atoms with van der Waals surface area (Å²) in [5, 5.41) is 4.16.